The fraction of sp³-hybridized carbons (Fsp3) is 0.700. The molecule has 2 N–H and O–H groups in total. The summed E-state index contributed by atoms with van der Waals surface area (Å²) in [7, 11) is 0. The van der Waals surface area contributed by atoms with Crippen molar-refractivity contribution < 1.29 is 24.2 Å². The van der Waals surface area contributed by atoms with Crippen LogP contribution in [0.25, 0.3) is 0 Å². The third-order valence-corrected chi connectivity index (χ3v) is 1.47. The van der Waals surface area contributed by atoms with Gasteiger partial charge in [-0.15, -0.1) is 0 Å². The van der Waals surface area contributed by atoms with Crippen molar-refractivity contribution in [1.29, 1.82) is 0 Å². The molecule has 0 fully saturated rings. The van der Waals surface area contributed by atoms with Gasteiger partial charge in [-0.05, 0) is 20.8 Å². The maximum atomic E-state index is 11.3. The van der Waals surface area contributed by atoms with Crippen LogP contribution in [-0.2, 0) is 19.1 Å². The van der Waals surface area contributed by atoms with Crippen LogP contribution >= 0.6 is 0 Å². The quantitative estimate of drug-likeness (QED) is 0.679. The van der Waals surface area contributed by atoms with Gasteiger partial charge in [-0.1, -0.05) is 0 Å². The molecule has 0 spiro atoms. The lowest BCUT2D eigenvalue weighted by Gasteiger charge is -2.21. The molecule has 0 unspecified atom stereocenters. The topological polar surface area (TPSA) is 92.7 Å². The SMILES string of the molecule is CC(=O)N[C@H](CC(=O)OC(C)(C)C)C(=O)O. The monoisotopic (exact) mass is 231 g/mol. The van der Waals surface area contributed by atoms with E-state index in [1.807, 2.05) is 0 Å². The van der Waals surface area contributed by atoms with Crippen molar-refractivity contribution >= 4 is 17.8 Å². The molecule has 0 bridgehead atoms. The molecule has 0 radical (unpaired) electrons. The van der Waals surface area contributed by atoms with Crippen LogP contribution < -0.4 is 5.32 Å². The molecular formula is C10H17NO5. The Balaban J connectivity index is 4.35. The Labute approximate surface area is 94.0 Å². The zero-order chi connectivity index (χ0) is 12.9. The highest BCUT2D eigenvalue weighted by atomic mass is 16.6. The number of carboxylic acids is 1. The smallest absolute Gasteiger partial charge is 0.326 e. The molecule has 6 heteroatoms. The minimum atomic E-state index is -1.26. The zero-order valence-corrected chi connectivity index (χ0v) is 9.86. The minimum Gasteiger partial charge on any atom is -0.480 e. The molecule has 6 nitrogen and oxygen atoms in total. The Morgan fingerprint density at radius 3 is 2.12 bits per heavy atom. The van der Waals surface area contributed by atoms with E-state index in [1.54, 1.807) is 20.8 Å². The standard InChI is InChI=1S/C10H17NO5/c1-6(12)11-7(9(14)15)5-8(13)16-10(2,3)4/h7H,5H2,1-4H3,(H,11,12)(H,14,15)/t7-/m1/s1. The number of carbonyl (C=O) groups excluding carboxylic acids is 2. The number of carbonyl (C=O) groups is 3. The lowest BCUT2D eigenvalue weighted by Crippen LogP contribution is -2.42. The predicted molar refractivity (Wildman–Crippen MR) is 55.7 cm³/mol. The number of hydrogen-bond donors (Lipinski definition) is 2. The molecule has 0 saturated heterocycles. The van der Waals surface area contributed by atoms with Crippen LogP contribution in [0.5, 0.6) is 0 Å². The second-order valence-electron chi connectivity index (χ2n) is 4.38. The normalized spacial score (nSPS) is 12.8. The average Bonchev–Trinajstić information content (AvgIpc) is 1.97. The van der Waals surface area contributed by atoms with Gasteiger partial charge in [-0.2, -0.15) is 0 Å². The van der Waals surface area contributed by atoms with E-state index in [0.717, 1.165) is 0 Å². The van der Waals surface area contributed by atoms with E-state index in [0.29, 0.717) is 0 Å². The van der Waals surface area contributed by atoms with Crippen molar-refractivity contribution in [2.45, 2.75) is 45.8 Å². The molecular weight excluding hydrogens is 214 g/mol. The molecule has 0 aromatic carbocycles. The third kappa shape index (κ3) is 6.80. The number of nitrogens with one attached hydrogen (secondary N) is 1. The van der Waals surface area contributed by atoms with Crippen LogP contribution in [0.2, 0.25) is 0 Å². The van der Waals surface area contributed by atoms with Gasteiger partial charge in [0, 0.05) is 6.92 Å². The Morgan fingerprint density at radius 2 is 1.81 bits per heavy atom. The van der Waals surface area contributed by atoms with Crippen LogP contribution in [0.4, 0.5) is 0 Å². The number of rotatable bonds is 4. The Kier molecular flexibility index (Phi) is 4.94. The highest BCUT2D eigenvalue weighted by Gasteiger charge is 2.25. The van der Waals surface area contributed by atoms with Crippen molar-refractivity contribution in [3.8, 4) is 0 Å². The lowest BCUT2D eigenvalue weighted by molar-refractivity contribution is -0.158. The lowest BCUT2D eigenvalue weighted by atomic mass is 10.1. The van der Waals surface area contributed by atoms with E-state index < -0.39 is 29.5 Å². The van der Waals surface area contributed by atoms with Crippen molar-refractivity contribution in [1.82, 2.24) is 5.32 Å². The highest BCUT2D eigenvalue weighted by Crippen LogP contribution is 2.09. The van der Waals surface area contributed by atoms with Gasteiger partial charge < -0.3 is 15.2 Å². The molecule has 0 aliphatic carbocycles. The molecule has 0 aromatic heterocycles. The van der Waals surface area contributed by atoms with Gasteiger partial charge in [0.05, 0.1) is 6.42 Å². The van der Waals surface area contributed by atoms with Crippen molar-refractivity contribution in [3.05, 3.63) is 0 Å². The second-order valence-corrected chi connectivity index (χ2v) is 4.38. The maximum Gasteiger partial charge on any atom is 0.326 e. The first-order chi connectivity index (χ1) is 7.11. The first-order valence-electron chi connectivity index (χ1n) is 4.83. The summed E-state index contributed by atoms with van der Waals surface area (Å²) in [5.41, 5.74) is -0.670. The Morgan fingerprint density at radius 1 is 1.31 bits per heavy atom. The maximum absolute atomic E-state index is 11.3. The van der Waals surface area contributed by atoms with E-state index in [-0.39, 0.29) is 6.42 Å². The van der Waals surface area contributed by atoms with Gasteiger partial charge in [0.15, 0.2) is 0 Å². The molecule has 0 aliphatic rings. The summed E-state index contributed by atoms with van der Waals surface area (Å²) in [4.78, 5) is 32.7. The number of aliphatic carboxylic acids is 1. The number of ether oxygens (including phenoxy) is 1. The van der Waals surface area contributed by atoms with Crippen LogP contribution in [0.1, 0.15) is 34.1 Å². The van der Waals surface area contributed by atoms with Crippen LogP contribution in [0.3, 0.4) is 0 Å². The summed E-state index contributed by atoms with van der Waals surface area (Å²) in [6, 6.07) is -1.24. The Hall–Kier alpha value is -1.59. The highest BCUT2D eigenvalue weighted by molar-refractivity contribution is 5.86. The van der Waals surface area contributed by atoms with E-state index in [4.69, 9.17) is 9.84 Å². The van der Waals surface area contributed by atoms with E-state index in [1.165, 1.54) is 6.92 Å². The summed E-state index contributed by atoms with van der Waals surface area (Å²) in [6.45, 7) is 6.22. The fourth-order valence-corrected chi connectivity index (χ4v) is 0.995. The average molecular weight is 231 g/mol. The molecule has 92 valence electrons. The molecule has 1 atom stereocenters. The van der Waals surface area contributed by atoms with Crippen LogP contribution in [0, 0.1) is 0 Å². The summed E-state index contributed by atoms with van der Waals surface area (Å²) in [6.07, 6.45) is -0.383. The van der Waals surface area contributed by atoms with Gasteiger partial charge in [0.25, 0.3) is 0 Å². The fourth-order valence-electron chi connectivity index (χ4n) is 0.995. The van der Waals surface area contributed by atoms with E-state index in [2.05, 4.69) is 5.32 Å². The summed E-state index contributed by atoms with van der Waals surface area (Å²) >= 11 is 0. The largest absolute Gasteiger partial charge is 0.480 e. The van der Waals surface area contributed by atoms with E-state index >= 15 is 0 Å². The molecule has 0 rings (SSSR count). The van der Waals surface area contributed by atoms with Crippen molar-refractivity contribution in [2.75, 3.05) is 0 Å². The number of esters is 1. The van der Waals surface area contributed by atoms with Crippen molar-refractivity contribution in [2.24, 2.45) is 0 Å². The molecule has 1 amide bonds. The van der Waals surface area contributed by atoms with Gasteiger partial charge in [0.1, 0.15) is 11.6 Å². The number of amides is 1. The van der Waals surface area contributed by atoms with Crippen LogP contribution in [0.15, 0.2) is 0 Å². The van der Waals surface area contributed by atoms with Gasteiger partial charge >= 0.3 is 11.9 Å². The van der Waals surface area contributed by atoms with Gasteiger partial charge in [-0.3, -0.25) is 9.59 Å². The zero-order valence-electron chi connectivity index (χ0n) is 9.86. The summed E-state index contributed by atoms with van der Waals surface area (Å²) in [5, 5.41) is 10.9. The number of carboxylic acid groups (broad SMARTS) is 1. The molecule has 0 heterocycles. The summed E-state index contributed by atoms with van der Waals surface area (Å²) in [5.74, 6) is -2.43. The van der Waals surface area contributed by atoms with Gasteiger partial charge in [-0.25, -0.2) is 4.79 Å². The molecule has 16 heavy (non-hydrogen) atoms. The van der Waals surface area contributed by atoms with E-state index in [9.17, 15) is 14.4 Å². The first-order valence-corrected chi connectivity index (χ1v) is 4.83. The van der Waals surface area contributed by atoms with Crippen LogP contribution in [-0.4, -0.2) is 34.6 Å². The molecule has 0 saturated carbocycles. The molecule has 0 aliphatic heterocycles. The minimum absolute atomic E-state index is 0.383. The first kappa shape index (κ1) is 14.4. The number of hydrogen-bond acceptors (Lipinski definition) is 4. The summed E-state index contributed by atoms with van der Waals surface area (Å²) < 4.78 is 4.95. The van der Waals surface area contributed by atoms with Crippen molar-refractivity contribution in [3.63, 3.8) is 0 Å². The predicted octanol–water partition coefficient (Wildman–Crippen LogP) is 0.307. The Bertz CT molecular complexity index is 292. The third-order valence-electron chi connectivity index (χ3n) is 1.47. The van der Waals surface area contributed by atoms with Gasteiger partial charge in [0.2, 0.25) is 5.91 Å². The second kappa shape index (κ2) is 5.48. The molecule has 0 aromatic rings.